The zero-order valence-corrected chi connectivity index (χ0v) is 12.6. The largest absolute Gasteiger partial charge is 0.490 e. The second-order valence-corrected chi connectivity index (χ2v) is 6.21. The van der Waals surface area contributed by atoms with Crippen molar-refractivity contribution >= 4 is 5.78 Å². The number of hydrogen-bond acceptors (Lipinski definition) is 3. The van der Waals surface area contributed by atoms with Crippen LogP contribution in [0.4, 0.5) is 0 Å². The Balaban J connectivity index is 2.24. The molecule has 1 aromatic rings. The van der Waals surface area contributed by atoms with Gasteiger partial charge in [-0.2, -0.15) is 0 Å². The van der Waals surface area contributed by atoms with Crippen LogP contribution in [0, 0.1) is 5.92 Å². The van der Waals surface area contributed by atoms with Gasteiger partial charge in [-0.3, -0.25) is 4.79 Å². The van der Waals surface area contributed by atoms with Crippen LogP contribution in [-0.4, -0.2) is 22.6 Å². The second kappa shape index (κ2) is 5.96. The summed E-state index contributed by atoms with van der Waals surface area (Å²) in [6, 6.07) is 7.20. The smallest absolute Gasteiger partial charge is 0.198 e. The van der Waals surface area contributed by atoms with Gasteiger partial charge in [0.05, 0.1) is 11.7 Å². The third kappa shape index (κ3) is 3.21. The average molecular weight is 276 g/mol. The minimum absolute atomic E-state index is 0.00460. The lowest BCUT2D eigenvalue weighted by atomic mass is 9.75. The van der Waals surface area contributed by atoms with Gasteiger partial charge in [-0.25, -0.2) is 0 Å². The summed E-state index contributed by atoms with van der Waals surface area (Å²) < 4.78 is 5.69. The van der Waals surface area contributed by atoms with E-state index in [0.717, 1.165) is 12.8 Å². The molecule has 1 aliphatic rings. The highest BCUT2D eigenvalue weighted by molar-refractivity contribution is 6.04. The maximum absolute atomic E-state index is 12.7. The summed E-state index contributed by atoms with van der Waals surface area (Å²) in [6.45, 7) is 6.02. The van der Waals surface area contributed by atoms with Crippen LogP contribution < -0.4 is 4.74 Å². The molecule has 0 atom stereocenters. The summed E-state index contributed by atoms with van der Waals surface area (Å²) >= 11 is 0. The quantitative estimate of drug-likeness (QED) is 0.855. The summed E-state index contributed by atoms with van der Waals surface area (Å²) in [5.74, 6) is 0.963. The van der Waals surface area contributed by atoms with Gasteiger partial charge in [-0.1, -0.05) is 19.1 Å². The number of ether oxygens (including phenoxy) is 1. The van der Waals surface area contributed by atoms with Crippen LogP contribution >= 0.6 is 0 Å². The van der Waals surface area contributed by atoms with E-state index < -0.39 is 5.60 Å². The molecule has 0 bridgehead atoms. The Hall–Kier alpha value is -1.35. The van der Waals surface area contributed by atoms with Gasteiger partial charge < -0.3 is 9.84 Å². The first-order valence-electron chi connectivity index (χ1n) is 7.45. The number of ketones is 1. The van der Waals surface area contributed by atoms with Crippen molar-refractivity contribution in [3.63, 3.8) is 0 Å². The number of hydrogen-bond donors (Lipinski definition) is 1. The first-order valence-corrected chi connectivity index (χ1v) is 7.45. The number of para-hydroxylation sites is 1. The SMILES string of the molecule is CC1CCC(O)(C(=O)c2ccccc2OC(C)C)CC1. The van der Waals surface area contributed by atoms with Gasteiger partial charge in [-0.05, 0) is 57.6 Å². The highest BCUT2D eigenvalue weighted by Crippen LogP contribution is 2.36. The van der Waals surface area contributed by atoms with Gasteiger partial charge in [0.1, 0.15) is 11.4 Å². The third-order valence-electron chi connectivity index (χ3n) is 4.02. The minimum Gasteiger partial charge on any atom is -0.490 e. The maximum atomic E-state index is 12.7. The van der Waals surface area contributed by atoms with Crippen LogP contribution in [0.5, 0.6) is 5.75 Å². The van der Waals surface area contributed by atoms with E-state index in [1.165, 1.54) is 0 Å². The maximum Gasteiger partial charge on any atom is 0.198 e. The highest BCUT2D eigenvalue weighted by Gasteiger charge is 2.40. The first-order chi connectivity index (χ1) is 9.42. The molecule has 20 heavy (non-hydrogen) atoms. The van der Waals surface area contributed by atoms with Crippen LogP contribution in [-0.2, 0) is 0 Å². The van der Waals surface area contributed by atoms with Crippen molar-refractivity contribution in [2.24, 2.45) is 5.92 Å². The van der Waals surface area contributed by atoms with E-state index in [9.17, 15) is 9.90 Å². The average Bonchev–Trinajstić information content (AvgIpc) is 2.41. The van der Waals surface area contributed by atoms with Gasteiger partial charge in [-0.15, -0.1) is 0 Å². The molecule has 3 nitrogen and oxygen atoms in total. The Kier molecular flexibility index (Phi) is 4.48. The van der Waals surface area contributed by atoms with Crippen LogP contribution in [0.3, 0.4) is 0 Å². The first kappa shape index (κ1) is 15.0. The van der Waals surface area contributed by atoms with Crippen molar-refractivity contribution in [1.29, 1.82) is 0 Å². The molecule has 0 aromatic heterocycles. The van der Waals surface area contributed by atoms with E-state index in [4.69, 9.17) is 4.74 Å². The molecule has 0 saturated heterocycles. The van der Waals surface area contributed by atoms with Gasteiger partial charge in [0, 0.05) is 0 Å². The number of carbonyl (C=O) groups excluding carboxylic acids is 1. The van der Waals surface area contributed by atoms with Gasteiger partial charge in [0.15, 0.2) is 5.78 Å². The van der Waals surface area contributed by atoms with Gasteiger partial charge in [0.25, 0.3) is 0 Å². The highest BCUT2D eigenvalue weighted by atomic mass is 16.5. The predicted octanol–water partition coefficient (Wildman–Crippen LogP) is 3.60. The lowest BCUT2D eigenvalue weighted by Crippen LogP contribution is -2.42. The van der Waals surface area contributed by atoms with Crippen molar-refractivity contribution in [3.8, 4) is 5.75 Å². The monoisotopic (exact) mass is 276 g/mol. The van der Waals surface area contributed by atoms with Crippen molar-refractivity contribution in [1.82, 2.24) is 0 Å². The molecule has 110 valence electrons. The molecule has 0 spiro atoms. The molecule has 0 heterocycles. The van der Waals surface area contributed by atoms with Crippen LogP contribution in [0.2, 0.25) is 0 Å². The molecular formula is C17H24O3. The Morgan fingerprint density at radius 3 is 2.50 bits per heavy atom. The van der Waals surface area contributed by atoms with E-state index in [-0.39, 0.29) is 11.9 Å². The molecule has 1 fully saturated rings. The second-order valence-electron chi connectivity index (χ2n) is 6.21. The van der Waals surface area contributed by atoms with Crippen molar-refractivity contribution in [3.05, 3.63) is 29.8 Å². The number of Topliss-reactive ketones (excluding diaryl/α,β-unsaturated/α-hetero) is 1. The van der Waals surface area contributed by atoms with Crippen LogP contribution in [0.15, 0.2) is 24.3 Å². The van der Waals surface area contributed by atoms with Gasteiger partial charge in [0.2, 0.25) is 0 Å². The number of carbonyl (C=O) groups is 1. The van der Waals surface area contributed by atoms with E-state index in [0.29, 0.717) is 30.1 Å². The summed E-state index contributed by atoms with van der Waals surface area (Å²) in [4.78, 5) is 12.7. The van der Waals surface area contributed by atoms with Crippen molar-refractivity contribution in [2.75, 3.05) is 0 Å². The molecular weight excluding hydrogens is 252 g/mol. The normalized spacial score (nSPS) is 26.6. The molecule has 0 radical (unpaired) electrons. The summed E-state index contributed by atoms with van der Waals surface area (Å²) in [5.41, 5.74) is -0.721. The standard InChI is InChI=1S/C17H24O3/c1-12(2)20-15-7-5-4-6-14(15)16(18)17(19)10-8-13(3)9-11-17/h4-7,12-13,19H,8-11H2,1-3H3. The number of aliphatic hydroxyl groups is 1. The van der Waals surface area contributed by atoms with E-state index >= 15 is 0 Å². The lowest BCUT2D eigenvalue weighted by Gasteiger charge is -2.34. The van der Waals surface area contributed by atoms with E-state index in [2.05, 4.69) is 6.92 Å². The molecule has 0 amide bonds. The topological polar surface area (TPSA) is 46.5 Å². The Morgan fingerprint density at radius 2 is 1.90 bits per heavy atom. The fourth-order valence-electron chi connectivity index (χ4n) is 2.73. The molecule has 2 rings (SSSR count). The Bertz CT molecular complexity index is 471. The van der Waals surface area contributed by atoms with Crippen LogP contribution in [0.25, 0.3) is 0 Å². The molecule has 1 saturated carbocycles. The fraction of sp³-hybridized carbons (Fsp3) is 0.588. The van der Waals surface area contributed by atoms with Crippen molar-refractivity contribution < 1.29 is 14.6 Å². The van der Waals surface area contributed by atoms with E-state index in [1.54, 1.807) is 12.1 Å². The molecule has 1 N–H and O–H groups in total. The summed E-state index contributed by atoms with van der Waals surface area (Å²) in [5, 5.41) is 10.7. The summed E-state index contributed by atoms with van der Waals surface area (Å²) in [6.07, 6.45) is 2.89. The zero-order chi connectivity index (χ0) is 14.8. The van der Waals surface area contributed by atoms with Crippen molar-refractivity contribution in [2.45, 2.75) is 58.2 Å². The Labute approximate surface area is 121 Å². The lowest BCUT2D eigenvalue weighted by molar-refractivity contribution is 0.00391. The molecule has 1 aromatic carbocycles. The predicted molar refractivity (Wildman–Crippen MR) is 79.1 cm³/mol. The minimum atomic E-state index is -1.22. The van der Waals surface area contributed by atoms with Crippen LogP contribution in [0.1, 0.15) is 56.8 Å². The number of rotatable bonds is 4. The number of benzene rings is 1. The molecule has 3 heteroatoms. The molecule has 0 aliphatic heterocycles. The van der Waals surface area contributed by atoms with Gasteiger partial charge >= 0.3 is 0 Å². The zero-order valence-electron chi connectivity index (χ0n) is 12.6. The van der Waals surface area contributed by atoms with E-state index in [1.807, 2.05) is 26.0 Å². The third-order valence-corrected chi connectivity index (χ3v) is 4.02. The summed E-state index contributed by atoms with van der Waals surface area (Å²) in [7, 11) is 0. The Morgan fingerprint density at radius 1 is 1.30 bits per heavy atom. The molecule has 0 unspecified atom stereocenters. The fourth-order valence-corrected chi connectivity index (χ4v) is 2.73. The molecule has 1 aliphatic carbocycles.